The topological polar surface area (TPSA) is 0 Å². The lowest BCUT2D eigenvalue weighted by Crippen LogP contribution is -1.82. The monoisotopic (exact) mass is 1490 g/mol. The first kappa shape index (κ1) is 67.4. The second-order valence-corrected chi connectivity index (χ2v) is 40.2. The van der Waals surface area contributed by atoms with Crippen LogP contribution in [0.5, 0.6) is 0 Å². The van der Waals surface area contributed by atoms with Gasteiger partial charge in [-0.05, 0) is 203 Å². The van der Waals surface area contributed by atoms with Gasteiger partial charge in [0.15, 0.2) is 0 Å². The van der Waals surface area contributed by atoms with Crippen LogP contribution < -0.4 is 0 Å². The Morgan fingerprint density at radius 2 is 0.532 bits per heavy atom. The SMILES string of the molecule is CCCCCCc1ccc(-c2ccc(C3=CCC(c4cc(-c5ccc(-c6ccc(-c7ccc(CCCCCC)s7)s6)s5)c(-c5sc(-c6ccc(-c7ccc(-c8ccc(CCCCCC)s8)s7)s6)cc5-c5ccc(-c6ccc(-c7ccc(CCCCCC)s7)s6)s5)s4)S3)s2)s1. The summed E-state index contributed by atoms with van der Waals surface area (Å²) in [6, 6.07) is 57.6. The molecule has 14 rings (SSSR count). The molecule has 1 unspecified atom stereocenters. The zero-order chi connectivity index (χ0) is 63.7. The van der Waals surface area contributed by atoms with Crippen molar-refractivity contribution in [1.29, 1.82) is 0 Å². The average Bonchev–Trinajstić information content (AvgIpc) is 1.62. The maximum absolute atomic E-state index is 2.61. The van der Waals surface area contributed by atoms with Gasteiger partial charge in [0.05, 0.1) is 9.75 Å². The Labute approximate surface area is 614 Å². The summed E-state index contributed by atoms with van der Waals surface area (Å²) >= 11 is 27.9. The van der Waals surface area contributed by atoms with E-state index in [1.807, 2.05) is 136 Å². The van der Waals surface area contributed by atoms with Gasteiger partial charge in [-0.3, -0.25) is 0 Å². The lowest BCUT2D eigenvalue weighted by Gasteiger charge is -2.06. The molecule has 1 aliphatic heterocycles. The summed E-state index contributed by atoms with van der Waals surface area (Å²) < 4.78 is 0. The third-order valence-corrected chi connectivity index (χ3v) is 35.5. The number of thiophene rings is 13. The molecule has 0 amide bonds. The first-order chi connectivity index (χ1) is 46.3. The van der Waals surface area contributed by atoms with Crippen LogP contribution in [0.25, 0.3) is 114 Å². The first-order valence-corrected chi connectivity index (χ1v) is 45.5. The molecule has 0 N–H and O–H groups in total. The molecule has 1 atom stereocenters. The smallest absolute Gasteiger partial charge is 0.0542 e. The molecule has 0 nitrogen and oxygen atoms in total. The molecule has 94 heavy (non-hydrogen) atoms. The number of rotatable bonds is 33. The molecule has 0 bridgehead atoms. The van der Waals surface area contributed by atoms with Crippen molar-refractivity contribution < 1.29 is 0 Å². The van der Waals surface area contributed by atoms with E-state index in [1.54, 1.807) is 0 Å². The molecule has 0 saturated carbocycles. The van der Waals surface area contributed by atoms with E-state index in [-0.39, 0.29) is 0 Å². The lowest BCUT2D eigenvalue weighted by molar-refractivity contribution is 0.670. The van der Waals surface area contributed by atoms with Crippen LogP contribution in [-0.2, 0) is 25.7 Å². The van der Waals surface area contributed by atoms with Crippen molar-refractivity contribution in [1.82, 2.24) is 0 Å². The van der Waals surface area contributed by atoms with Gasteiger partial charge in [0.1, 0.15) is 0 Å². The Kier molecular flexibility index (Phi) is 23.3. The van der Waals surface area contributed by atoms with Gasteiger partial charge in [-0.2, -0.15) is 0 Å². The zero-order valence-electron chi connectivity index (χ0n) is 54.1. The molecule has 0 aromatic carbocycles. The summed E-state index contributed by atoms with van der Waals surface area (Å²) in [5, 5.41) is 0.350. The van der Waals surface area contributed by atoms with Crippen LogP contribution in [0, 0.1) is 0 Å². The van der Waals surface area contributed by atoms with Crippen LogP contribution in [0.3, 0.4) is 0 Å². The quantitative estimate of drug-likeness (QED) is 0.0370. The van der Waals surface area contributed by atoms with Gasteiger partial charge in [0, 0.05) is 138 Å². The predicted molar refractivity (Wildman–Crippen MR) is 439 cm³/mol. The fourth-order valence-electron chi connectivity index (χ4n) is 12.3. The van der Waals surface area contributed by atoms with Crippen LogP contribution in [0.1, 0.15) is 171 Å². The van der Waals surface area contributed by atoms with Crippen molar-refractivity contribution in [2.45, 2.75) is 168 Å². The lowest BCUT2D eigenvalue weighted by atomic mass is 10.1. The second-order valence-electron chi connectivity index (χ2n) is 24.6. The number of aryl methyl sites for hydroxylation is 4. The van der Waals surface area contributed by atoms with Crippen molar-refractivity contribution in [3.8, 4) is 109 Å². The average molecular weight is 1490 g/mol. The first-order valence-electron chi connectivity index (χ1n) is 34.1. The third kappa shape index (κ3) is 16.1. The number of thioether (sulfide) groups is 1. The Morgan fingerprint density at radius 1 is 0.255 bits per heavy atom. The second kappa shape index (κ2) is 32.5. The van der Waals surface area contributed by atoms with E-state index in [1.165, 1.54) is 271 Å². The molecular formula is C80H80S14. The Morgan fingerprint density at radius 3 is 0.894 bits per heavy atom. The normalized spacial score (nSPS) is 13.4. The fraction of sp³-hybridized carbons (Fsp3) is 0.325. The summed E-state index contributed by atoms with van der Waals surface area (Å²) in [6.07, 6.45) is 29.2. The van der Waals surface area contributed by atoms with Gasteiger partial charge < -0.3 is 0 Å². The third-order valence-electron chi connectivity index (χ3n) is 17.5. The van der Waals surface area contributed by atoms with E-state index >= 15 is 0 Å². The number of unbranched alkanes of at least 4 members (excludes halogenated alkanes) is 12. The molecule has 484 valence electrons. The Bertz CT molecular complexity index is 4560. The number of allylic oxidation sites excluding steroid dienone is 1. The molecular weight excluding hydrogens is 1410 g/mol. The summed E-state index contributed by atoms with van der Waals surface area (Å²) in [6.45, 7) is 9.20. The summed E-state index contributed by atoms with van der Waals surface area (Å²) in [7, 11) is 0. The van der Waals surface area contributed by atoms with Gasteiger partial charge in [0.2, 0.25) is 0 Å². The van der Waals surface area contributed by atoms with Gasteiger partial charge >= 0.3 is 0 Å². The molecule has 14 heterocycles. The van der Waals surface area contributed by atoms with E-state index in [0.29, 0.717) is 5.25 Å². The maximum Gasteiger partial charge on any atom is 0.0542 e. The van der Waals surface area contributed by atoms with Crippen molar-refractivity contribution >= 4 is 164 Å². The molecule has 0 radical (unpaired) electrons. The fourth-order valence-corrected chi connectivity index (χ4v) is 28.5. The van der Waals surface area contributed by atoms with Gasteiger partial charge in [-0.15, -0.1) is 159 Å². The highest BCUT2D eigenvalue weighted by atomic mass is 32.2. The van der Waals surface area contributed by atoms with Crippen molar-refractivity contribution in [2.75, 3.05) is 0 Å². The minimum atomic E-state index is 0.350. The molecule has 14 heteroatoms. The minimum Gasteiger partial charge on any atom is -0.139 e. The van der Waals surface area contributed by atoms with Gasteiger partial charge in [0.25, 0.3) is 0 Å². The van der Waals surface area contributed by atoms with Crippen molar-refractivity contribution in [2.24, 2.45) is 0 Å². The minimum absolute atomic E-state index is 0.350. The molecule has 0 spiro atoms. The van der Waals surface area contributed by atoms with Crippen LogP contribution in [0.15, 0.2) is 152 Å². The van der Waals surface area contributed by atoms with Crippen molar-refractivity contribution in [3.63, 3.8) is 0 Å². The summed E-state index contributed by atoms with van der Waals surface area (Å²) in [5.41, 5.74) is 2.73. The highest BCUT2D eigenvalue weighted by Gasteiger charge is 2.29. The van der Waals surface area contributed by atoms with Gasteiger partial charge in [-0.25, -0.2) is 0 Å². The maximum atomic E-state index is 2.61. The van der Waals surface area contributed by atoms with Crippen LogP contribution >= 0.6 is 159 Å². The number of hydrogen-bond acceptors (Lipinski definition) is 14. The zero-order valence-corrected chi connectivity index (χ0v) is 65.5. The van der Waals surface area contributed by atoms with E-state index < -0.39 is 0 Å². The predicted octanol–water partition coefficient (Wildman–Crippen LogP) is 32.5. The Balaban J connectivity index is 0.803. The van der Waals surface area contributed by atoms with Gasteiger partial charge in [-0.1, -0.05) is 111 Å². The number of hydrogen-bond donors (Lipinski definition) is 0. The highest BCUT2D eigenvalue weighted by Crippen LogP contribution is 2.59. The standard InChI is InChI=1S/C80H80S14/c1-5-9-13-17-21-51-25-29-59(81-51)63-37-41-69(87-63)67-35-33-57(85-67)55-49-77(75-47-45-73(91-75)71-43-39-65(89-71)61-31-27-53(83-61)23-19-15-11-7-3)93-79(55)80-56(58-34-36-68(86-58)70-42-38-64(88-70)60-30-26-52(82-60)22-18-14-10-6-2)50-78(94-80)76-48-46-74(92-76)72-44-40-66(90-72)62-32-28-54(84-62)24-20-16-12-8-4/h25-47,49-50,76H,5-24,48H2,1-4H3. The van der Waals surface area contributed by atoms with Crippen LogP contribution in [0.4, 0.5) is 0 Å². The van der Waals surface area contributed by atoms with E-state index in [9.17, 15) is 0 Å². The van der Waals surface area contributed by atoms with Crippen molar-refractivity contribution in [3.05, 3.63) is 181 Å². The van der Waals surface area contributed by atoms with E-state index in [0.717, 1.165) is 6.42 Å². The molecule has 0 saturated heterocycles. The molecule has 13 aromatic heterocycles. The molecule has 1 aliphatic rings. The van der Waals surface area contributed by atoms with E-state index in [2.05, 4.69) is 202 Å². The summed E-state index contributed by atoms with van der Waals surface area (Å²) in [5.74, 6) is 0. The summed E-state index contributed by atoms with van der Waals surface area (Å²) in [4.78, 5) is 37.8. The van der Waals surface area contributed by atoms with Crippen LogP contribution in [-0.4, -0.2) is 0 Å². The molecule has 0 aliphatic carbocycles. The molecule has 13 aromatic rings. The highest BCUT2D eigenvalue weighted by molar-refractivity contribution is 8.09. The largest absolute Gasteiger partial charge is 0.139 e. The molecule has 0 fully saturated rings. The van der Waals surface area contributed by atoms with Crippen LogP contribution in [0.2, 0.25) is 0 Å². The van der Waals surface area contributed by atoms with E-state index in [4.69, 9.17) is 0 Å². The Hall–Kier alpha value is -3.81.